The van der Waals surface area contributed by atoms with Crippen molar-refractivity contribution >= 4 is 17.2 Å². The van der Waals surface area contributed by atoms with E-state index < -0.39 is 0 Å². The molecule has 1 aromatic carbocycles. The minimum absolute atomic E-state index is 0.107. The molecule has 1 saturated heterocycles. The van der Waals surface area contributed by atoms with Crippen LogP contribution in [0.15, 0.2) is 41.8 Å². The molecule has 1 fully saturated rings. The number of thiophene rings is 1. The lowest BCUT2D eigenvalue weighted by atomic mass is 10.0. The number of unbranched alkanes of at least 4 members (excludes halogenated alkanes) is 1. The van der Waals surface area contributed by atoms with Crippen molar-refractivity contribution in [2.24, 2.45) is 0 Å². The summed E-state index contributed by atoms with van der Waals surface area (Å²) in [6.45, 7) is 5.32. The maximum Gasteiger partial charge on any atom is 0.291 e. The first-order valence-corrected chi connectivity index (χ1v) is 11.3. The number of aromatic nitrogens is 3. The van der Waals surface area contributed by atoms with E-state index in [4.69, 9.17) is 0 Å². The predicted octanol–water partition coefficient (Wildman–Crippen LogP) is 4.13. The number of halogens is 1. The van der Waals surface area contributed by atoms with Crippen molar-refractivity contribution in [3.63, 3.8) is 0 Å². The third kappa shape index (κ3) is 4.76. The fraction of sp³-hybridized carbons (Fsp3) is 0.409. The zero-order valence-electron chi connectivity index (χ0n) is 17.1. The summed E-state index contributed by atoms with van der Waals surface area (Å²) in [7, 11) is 0. The van der Waals surface area contributed by atoms with Gasteiger partial charge in [-0.2, -0.15) is 0 Å². The Kier molecular flexibility index (Phi) is 6.54. The number of hydrogen-bond donors (Lipinski definition) is 1. The smallest absolute Gasteiger partial charge is 0.291 e. The van der Waals surface area contributed by atoms with Crippen LogP contribution in [-0.2, 0) is 0 Å². The fourth-order valence-corrected chi connectivity index (χ4v) is 4.39. The zero-order valence-corrected chi connectivity index (χ0v) is 17.9. The average molecular weight is 428 g/mol. The van der Waals surface area contributed by atoms with Crippen LogP contribution in [0, 0.1) is 5.82 Å². The van der Waals surface area contributed by atoms with Gasteiger partial charge in [0.25, 0.3) is 5.91 Å². The summed E-state index contributed by atoms with van der Waals surface area (Å²) in [5.41, 5.74) is 0.536. The van der Waals surface area contributed by atoms with Crippen molar-refractivity contribution in [1.82, 2.24) is 25.0 Å². The van der Waals surface area contributed by atoms with Crippen molar-refractivity contribution in [2.45, 2.75) is 38.6 Å². The molecule has 6 nitrogen and oxygen atoms in total. The van der Waals surface area contributed by atoms with Crippen molar-refractivity contribution in [3.8, 4) is 16.4 Å². The molecule has 158 valence electrons. The number of carbonyl (C=O) groups excluding carboxylic acids is 1. The first-order chi connectivity index (χ1) is 14.6. The molecule has 0 unspecified atom stereocenters. The number of carbonyl (C=O) groups is 1. The highest BCUT2D eigenvalue weighted by atomic mass is 32.1. The molecule has 1 aliphatic rings. The SMILES string of the molecule is CCCCN1CCC(NC(=O)c2nc(-c3cccs3)n(-c3cccc(F)c3)n2)CC1. The molecule has 0 atom stereocenters. The maximum absolute atomic E-state index is 13.8. The quantitative estimate of drug-likeness (QED) is 0.616. The number of nitrogens with one attached hydrogen (secondary N) is 1. The second-order valence-corrected chi connectivity index (χ2v) is 8.52. The van der Waals surface area contributed by atoms with Crippen LogP contribution in [0.2, 0.25) is 0 Å². The molecule has 0 aliphatic carbocycles. The van der Waals surface area contributed by atoms with Crippen LogP contribution in [0.25, 0.3) is 16.4 Å². The molecule has 4 rings (SSSR count). The van der Waals surface area contributed by atoms with Gasteiger partial charge in [-0.05, 0) is 55.5 Å². The number of hydrogen-bond acceptors (Lipinski definition) is 5. The fourth-order valence-electron chi connectivity index (χ4n) is 3.69. The molecule has 0 saturated carbocycles. The standard InChI is InChI=1S/C22H26FN5OS/c1-2-3-11-27-12-9-17(10-13-27)24-22(29)20-25-21(19-8-5-14-30-19)28(26-20)18-7-4-6-16(23)15-18/h4-8,14-15,17H,2-3,9-13H2,1H3,(H,24,29). The van der Waals surface area contributed by atoms with E-state index in [1.807, 2.05) is 17.5 Å². The van der Waals surface area contributed by atoms with E-state index in [9.17, 15) is 9.18 Å². The monoisotopic (exact) mass is 427 g/mol. The van der Waals surface area contributed by atoms with E-state index >= 15 is 0 Å². The number of likely N-dealkylation sites (tertiary alicyclic amines) is 1. The highest BCUT2D eigenvalue weighted by molar-refractivity contribution is 7.13. The van der Waals surface area contributed by atoms with Gasteiger partial charge < -0.3 is 10.2 Å². The zero-order chi connectivity index (χ0) is 20.9. The van der Waals surface area contributed by atoms with Gasteiger partial charge in [-0.15, -0.1) is 16.4 Å². The molecule has 8 heteroatoms. The Morgan fingerprint density at radius 1 is 1.27 bits per heavy atom. The van der Waals surface area contributed by atoms with Crippen molar-refractivity contribution in [2.75, 3.05) is 19.6 Å². The number of benzene rings is 1. The van der Waals surface area contributed by atoms with Gasteiger partial charge in [0.05, 0.1) is 10.6 Å². The molecule has 3 heterocycles. The third-order valence-electron chi connectivity index (χ3n) is 5.36. The summed E-state index contributed by atoms with van der Waals surface area (Å²) >= 11 is 1.50. The minimum atomic E-state index is -0.360. The number of piperidine rings is 1. The molecule has 1 amide bonds. The van der Waals surface area contributed by atoms with Gasteiger partial charge in [0.2, 0.25) is 5.82 Å². The largest absolute Gasteiger partial charge is 0.346 e. The molecule has 1 aliphatic heterocycles. The molecule has 0 bridgehead atoms. The van der Waals surface area contributed by atoms with Gasteiger partial charge in [-0.25, -0.2) is 14.1 Å². The second kappa shape index (κ2) is 9.49. The van der Waals surface area contributed by atoms with Crippen LogP contribution in [0.5, 0.6) is 0 Å². The normalized spacial score (nSPS) is 15.4. The summed E-state index contributed by atoms with van der Waals surface area (Å²) in [5.74, 6) is 0.00198. The van der Waals surface area contributed by atoms with Crippen LogP contribution >= 0.6 is 11.3 Å². The summed E-state index contributed by atoms with van der Waals surface area (Å²) in [6.07, 6.45) is 4.27. The highest BCUT2D eigenvalue weighted by Crippen LogP contribution is 2.26. The Morgan fingerprint density at radius 3 is 2.80 bits per heavy atom. The maximum atomic E-state index is 13.8. The van der Waals surface area contributed by atoms with E-state index in [0.717, 1.165) is 37.4 Å². The predicted molar refractivity (Wildman–Crippen MR) is 116 cm³/mol. The molecular formula is C22H26FN5OS. The lowest BCUT2D eigenvalue weighted by molar-refractivity contribution is 0.0900. The molecule has 2 aromatic heterocycles. The molecule has 0 spiro atoms. The van der Waals surface area contributed by atoms with Gasteiger partial charge in [0.15, 0.2) is 5.82 Å². The summed E-state index contributed by atoms with van der Waals surface area (Å²) < 4.78 is 15.3. The van der Waals surface area contributed by atoms with Crippen LogP contribution < -0.4 is 5.32 Å². The summed E-state index contributed by atoms with van der Waals surface area (Å²) in [6, 6.07) is 10.1. The van der Waals surface area contributed by atoms with Crippen molar-refractivity contribution in [1.29, 1.82) is 0 Å². The van der Waals surface area contributed by atoms with Crippen LogP contribution in [0.1, 0.15) is 43.2 Å². The first kappa shape index (κ1) is 20.7. The first-order valence-electron chi connectivity index (χ1n) is 10.4. The average Bonchev–Trinajstić information content (AvgIpc) is 3.43. The topological polar surface area (TPSA) is 63.1 Å². The van der Waals surface area contributed by atoms with Gasteiger partial charge >= 0.3 is 0 Å². The Balaban J connectivity index is 1.50. The van der Waals surface area contributed by atoms with Crippen LogP contribution in [-0.4, -0.2) is 51.2 Å². The van der Waals surface area contributed by atoms with E-state index in [1.165, 1.54) is 41.0 Å². The van der Waals surface area contributed by atoms with E-state index in [2.05, 4.69) is 27.2 Å². The number of nitrogens with zero attached hydrogens (tertiary/aromatic N) is 4. The van der Waals surface area contributed by atoms with Crippen LogP contribution in [0.3, 0.4) is 0 Å². The second-order valence-electron chi connectivity index (χ2n) is 7.57. The van der Waals surface area contributed by atoms with Gasteiger partial charge in [0, 0.05) is 19.1 Å². The Morgan fingerprint density at radius 2 is 2.10 bits per heavy atom. The molecule has 3 aromatic rings. The van der Waals surface area contributed by atoms with E-state index in [1.54, 1.807) is 12.1 Å². The lowest BCUT2D eigenvalue weighted by Gasteiger charge is -2.32. The lowest BCUT2D eigenvalue weighted by Crippen LogP contribution is -2.45. The number of amides is 1. The van der Waals surface area contributed by atoms with Gasteiger partial charge in [0.1, 0.15) is 5.82 Å². The summed E-state index contributed by atoms with van der Waals surface area (Å²) in [5, 5.41) is 9.44. The molecule has 0 radical (unpaired) electrons. The van der Waals surface area contributed by atoms with E-state index in [0.29, 0.717) is 11.5 Å². The molecular weight excluding hydrogens is 401 g/mol. The Bertz CT molecular complexity index is 979. The van der Waals surface area contributed by atoms with Crippen molar-refractivity contribution in [3.05, 3.63) is 53.4 Å². The number of rotatable bonds is 7. The van der Waals surface area contributed by atoms with Crippen LogP contribution in [0.4, 0.5) is 4.39 Å². The van der Waals surface area contributed by atoms with Gasteiger partial charge in [-0.1, -0.05) is 25.5 Å². The summed E-state index contributed by atoms with van der Waals surface area (Å²) in [4.78, 5) is 20.7. The highest BCUT2D eigenvalue weighted by Gasteiger charge is 2.24. The molecule has 30 heavy (non-hydrogen) atoms. The minimum Gasteiger partial charge on any atom is -0.346 e. The third-order valence-corrected chi connectivity index (χ3v) is 6.22. The Hall–Kier alpha value is -2.58. The van der Waals surface area contributed by atoms with Gasteiger partial charge in [-0.3, -0.25) is 4.79 Å². The van der Waals surface area contributed by atoms with E-state index in [-0.39, 0.29) is 23.6 Å². The van der Waals surface area contributed by atoms with Crippen molar-refractivity contribution < 1.29 is 9.18 Å². The Labute approximate surface area is 179 Å². The molecule has 1 N–H and O–H groups in total.